The van der Waals surface area contributed by atoms with E-state index < -0.39 is 0 Å². The second kappa shape index (κ2) is 5.64. The Balaban J connectivity index is 2.53. The molecule has 1 amide bonds. The van der Waals surface area contributed by atoms with E-state index in [9.17, 15) is 4.79 Å². The first-order valence-corrected chi connectivity index (χ1v) is 6.73. The van der Waals surface area contributed by atoms with E-state index in [1.807, 2.05) is 32.9 Å². The Morgan fingerprint density at radius 2 is 1.53 bits per heavy atom. The van der Waals surface area contributed by atoms with Crippen LogP contribution in [-0.4, -0.2) is 18.0 Å². The highest BCUT2D eigenvalue weighted by Gasteiger charge is 2.14. The molecule has 19 heavy (non-hydrogen) atoms. The van der Waals surface area contributed by atoms with Crippen LogP contribution in [-0.2, 0) is 10.2 Å². The molecule has 3 nitrogen and oxygen atoms in total. The standard InChI is InChI=1S/C16H26N2O/c1-15(2,3)12-7-9-13(10-8-12)17-11-14(19)18-16(4,5)6/h7-10,17H,11H2,1-6H3,(H,18,19). The quantitative estimate of drug-likeness (QED) is 0.877. The van der Waals surface area contributed by atoms with E-state index >= 15 is 0 Å². The summed E-state index contributed by atoms with van der Waals surface area (Å²) >= 11 is 0. The fourth-order valence-corrected chi connectivity index (χ4v) is 1.73. The van der Waals surface area contributed by atoms with Gasteiger partial charge in [-0.15, -0.1) is 0 Å². The number of amides is 1. The average Bonchev–Trinajstić information content (AvgIpc) is 2.23. The van der Waals surface area contributed by atoms with Gasteiger partial charge in [-0.1, -0.05) is 32.9 Å². The summed E-state index contributed by atoms with van der Waals surface area (Å²) in [4.78, 5) is 11.7. The molecule has 0 spiro atoms. The summed E-state index contributed by atoms with van der Waals surface area (Å²) in [6.07, 6.45) is 0. The molecule has 0 heterocycles. The van der Waals surface area contributed by atoms with Gasteiger partial charge in [0.15, 0.2) is 0 Å². The number of nitrogens with one attached hydrogen (secondary N) is 2. The lowest BCUT2D eigenvalue weighted by Gasteiger charge is -2.21. The highest BCUT2D eigenvalue weighted by Crippen LogP contribution is 2.23. The number of benzene rings is 1. The third kappa shape index (κ3) is 5.77. The van der Waals surface area contributed by atoms with Crippen LogP contribution in [0.3, 0.4) is 0 Å². The van der Waals surface area contributed by atoms with Gasteiger partial charge in [-0.2, -0.15) is 0 Å². The SMILES string of the molecule is CC(C)(C)NC(=O)CNc1ccc(C(C)(C)C)cc1. The normalized spacial score (nSPS) is 12.1. The molecule has 0 aliphatic rings. The second-order valence-electron chi connectivity index (χ2n) is 6.98. The molecule has 0 bridgehead atoms. The lowest BCUT2D eigenvalue weighted by atomic mass is 9.87. The number of hydrogen-bond donors (Lipinski definition) is 2. The Morgan fingerprint density at radius 3 is 1.95 bits per heavy atom. The zero-order chi connectivity index (χ0) is 14.7. The van der Waals surface area contributed by atoms with E-state index in [2.05, 4.69) is 43.5 Å². The van der Waals surface area contributed by atoms with Crippen molar-refractivity contribution in [3.63, 3.8) is 0 Å². The van der Waals surface area contributed by atoms with Gasteiger partial charge in [0.1, 0.15) is 0 Å². The van der Waals surface area contributed by atoms with Crippen molar-refractivity contribution in [1.82, 2.24) is 5.32 Å². The Labute approximate surface area is 116 Å². The second-order valence-corrected chi connectivity index (χ2v) is 6.98. The lowest BCUT2D eigenvalue weighted by molar-refractivity contribution is -0.120. The van der Waals surface area contributed by atoms with Gasteiger partial charge in [-0.05, 0) is 43.9 Å². The van der Waals surface area contributed by atoms with Crippen LogP contribution in [0.2, 0.25) is 0 Å². The van der Waals surface area contributed by atoms with Gasteiger partial charge in [0.2, 0.25) is 5.91 Å². The molecule has 0 radical (unpaired) electrons. The molecule has 0 unspecified atom stereocenters. The van der Waals surface area contributed by atoms with Crippen molar-refractivity contribution in [2.75, 3.05) is 11.9 Å². The van der Waals surface area contributed by atoms with Crippen LogP contribution in [0.15, 0.2) is 24.3 Å². The highest BCUT2D eigenvalue weighted by molar-refractivity contribution is 5.81. The van der Waals surface area contributed by atoms with Crippen molar-refractivity contribution < 1.29 is 4.79 Å². The Morgan fingerprint density at radius 1 is 1.00 bits per heavy atom. The smallest absolute Gasteiger partial charge is 0.239 e. The van der Waals surface area contributed by atoms with Crippen LogP contribution in [0.25, 0.3) is 0 Å². The number of hydrogen-bond acceptors (Lipinski definition) is 2. The maximum Gasteiger partial charge on any atom is 0.239 e. The molecule has 3 heteroatoms. The topological polar surface area (TPSA) is 41.1 Å². The Kier molecular flexibility index (Phi) is 4.61. The van der Waals surface area contributed by atoms with Gasteiger partial charge in [0.25, 0.3) is 0 Å². The van der Waals surface area contributed by atoms with E-state index in [0.29, 0.717) is 6.54 Å². The fourth-order valence-electron chi connectivity index (χ4n) is 1.73. The molecule has 0 fully saturated rings. The van der Waals surface area contributed by atoms with Gasteiger partial charge in [-0.25, -0.2) is 0 Å². The summed E-state index contributed by atoms with van der Waals surface area (Å²) < 4.78 is 0. The summed E-state index contributed by atoms with van der Waals surface area (Å²) in [6, 6.07) is 8.24. The first-order valence-electron chi connectivity index (χ1n) is 6.73. The number of carbonyl (C=O) groups excluding carboxylic acids is 1. The molecule has 0 aromatic heterocycles. The molecule has 2 N–H and O–H groups in total. The number of rotatable bonds is 3. The van der Waals surface area contributed by atoms with E-state index in [1.54, 1.807) is 0 Å². The largest absolute Gasteiger partial charge is 0.376 e. The van der Waals surface area contributed by atoms with Crippen molar-refractivity contribution in [1.29, 1.82) is 0 Å². The average molecular weight is 262 g/mol. The van der Waals surface area contributed by atoms with Gasteiger partial charge in [0, 0.05) is 11.2 Å². The van der Waals surface area contributed by atoms with E-state index in [4.69, 9.17) is 0 Å². The van der Waals surface area contributed by atoms with Crippen molar-refractivity contribution >= 4 is 11.6 Å². The first-order chi connectivity index (χ1) is 8.58. The van der Waals surface area contributed by atoms with Gasteiger partial charge in [0.05, 0.1) is 6.54 Å². The summed E-state index contributed by atoms with van der Waals surface area (Å²) in [5.41, 5.74) is 2.23. The van der Waals surface area contributed by atoms with E-state index in [-0.39, 0.29) is 16.9 Å². The van der Waals surface area contributed by atoms with Crippen molar-refractivity contribution in [3.05, 3.63) is 29.8 Å². The van der Waals surface area contributed by atoms with E-state index in [0.717, 1.165) is 5.69 Å². The summed E-state index contributed by atoms with van der Waals surface area (Å²) in [7, 11) is 0. The molecule has 0 aliphatic carbocycles. The zero-order valence-electron chi connectivity index (χ0n) is 12.9. The Hall–Kier alpha value is -1.51. The van der Waals surface area contributed by atoms with Crippen LogP contribution < -0.4 is 10.6 Å². The number of anilines is 1. The lowest BCUT2D eigenvalue weighted by Crippen LogP contribution is -2.43. The molecule has 1 aromatic rings. The molecule has 0 saturated heterocycles. The molecule has 106 valence electrons. The minimum Gasteiger partial charge on any atom is -0.376 e. The molecule has 1 aromatic carbocycles. The minimum atomic E-state index is -0.186. The zero-order valence-corrected chi connectivity index (χ0v) is 12.9. The van der Waals surface area contributed by atoms with Gasteiger partial charge in [-0.3, -0.25) is 4.79 Å². The predicted molar refractivity (Wildman–Crippen MR) is 81.5 cm³/mol. The van der Waals surface area contributed by atoms with Gasteiger partial charge < -0.3 is 10.6 Å². The monoisotopic (exact) mass is 262 g/mol. The number of carbonyl (C=O) groups is 1. The molecule has 1 rings (SSSR count). The van der Waals surface area contributed by atoms with Crippen LogP contribution in [0, 0.1) is 0 Å². The molecule has 0 atom stereocenters. The van der Waals surface area contributed by atoms with Crippen molar-refractivity contribution in [2.45, 2.75) is 52.5 Å². The van der Waals surface area contributed by atoms with Gasteiger partial charge >= 0.3 is 0 Å². The molecular formula is C16H26N2O. The summed E-state index contributed by atoms with van der Waals surface area (Å²) in [5.74, 6) is 0.00685. The first kappa shape index (κ1) is 15.5. The van der Waals surface area contributed by atoms with Crippen LogP contribution >= 0.6 is 0 Å². The maximum absolute atomic E-state index is 11.7. The highest BCUT2D eigenvalue weighted by atomic mass is 16.2. The summed E-state index contributed by atoms with van der Waals surface area (Å²) in [5, 5.41) is 6.06. The molecule has 0 saturated carbocycles. The van der Waals surface area contributed by atoms with Crippen molar-refractivity contribution in [2.24, 2.45) is 0 Å². The fraction of sp³-hybridized carbons (Fsp3) is 0.562. The third-order valence-corrected chi connectivity index (χ3v) is 2.72. The van der Waals surface area contributed by atoms with E-state index in [1.165, 1.54) is 5.56 Å². The minimum absolute atomic E-state index is 0.00685. The third-order valence-electron chi connectivity index (χ3n) is 2.72. The van der Waals surface area contributed by atoms with Crippen molar-refractivity contribution in [3.8, 4) is 0 Å². The molecular weight excluding hydrogens is 236 g/mol. The van der Waals surface area contributed by atoms with Crippen LogP contribution in [0.4, 0.5) is 5.69 Å². The Bertz CT molecular complexity index is 422. The summed E-state index contributed by atoms with van der Waals surface area (Å²) in [6.45, 7) is 12.8. The predicted octanol–water partition coefficient (Wildman–Crippen LogP) is 3.31. The molecule has 0 aliphatic heterocycles. The van der Waals surface area contributed by atoms with Crippen LogP contribution in [0.5, 0.6) is 0 Å². The van der Waals surface area contributed by atoms with Crippen LogP contribution in [0.1, 0.15) is 47.1 Å². The maximum atomic E-state index is 11.7.